The highest BCUT2D eigenvalue weighted by atomic mass is 16.5. The molecule has 0 fully saturated rings. The molecule has 0 aliphatic heterocycles. The minimum Gasteiger partial charge on any atom is -0.465 e. The third kappa shape index (κ3) is 3.72. The fraction of sp³-hybridized carbons (Fsp3) is 0.208. The van der Waals surface area contributed by atoms with E-state index in [4.69, 9.17) is 4.74 Å². The van der Waals surface area contributed by atoms with Crippen LogP contribution < -0.4 is 5.32 Å². The number of anilines is 2. The molecular weight excluding hydrogens is 348 g/mol. The van der Waals surface area contributed by atoms with Gasteiger partial charge in [0.05, 0.1) is 18.4 Å². The first-order valence-electron chi connectivity index (χ1n) is 9.54. The van der Waals surface area contributed by atoms with Crippen LogP contribution in [-0.2, 0) is 11.3 Å². The van der Waals surface area contributed by atoms with Crippen LogP contribution in [0.25, 0.3) is 10.9 Å². The fourth-order valence-electron chi connectivity index (χ4n) is 3.60. The number of aryl methyl sites for hydroxylation is 1. The lowest BCUT2D eigenvalue weighted by molar-refractivity contribution is 0.0602. The van der Waals surface area contributed by atoms with Crippen molar-refractivity contribution >= 4 is 28.2 Å². The fourth-order valence-corrected chi connectivity index (χ4v) is 3.60. The van der Waals surface area contributed by atoms with E-state index in [0.717, 1.165) is 41.7 Å². The summed E-state index contributed by atoms with van der Waals surface area (Å²) in [7, 11) is 1.40. The first kappa shape index (κ1) is 18.1. The van der Waals surface area contributed by atoms with Gasteiger partial charge in [-0.2, -0.15) is 0 Å². The molecule has 28 heavy (non-hydrogen) atoms. The Morgan fingerprint density at radius 3 is 2.82 bits per heavy atom. The van der Waals surface area contributed by atoms with Gasteiger partial charge < -0.3 is 14.6 Å². The van der Waals surface area contributed by atoms with Crippen molar-refractivity contribution < 1.29 is 9.53 Å². The number of carbonyl (C=O) groups is 1. The molecule has 1 aliphatic rings. The van der Waals surface area contributed by atoms with Crippen molar-refractivity contribution in [3.05, 3.63) is 83.6 Å². The molecule has 0 saturated heterocycles. The van der Waals surface area contributed by atoms with Gasteiger partial charge in [0.1, 0.15) is 0 Å². The number of hydrogen-bond acceptors (Lipinski definition) is 3. The number of hydrogen-bond donors (Lipinski definition) is 1. The van der Waals surface area contributed by atoms with E-state index in [9.17, 15) is 4.79 Å². The van der Waals surface area contributed by atoms with Crippen molar-refractivity contribution in [3.63, 3.8) is 0 Å². The summed E-state index contributed by atoms with van der Waals surface area (Å²) in [5.74, 6) is -0.341. The average molecular weight is 372 g/mol. The summed E-state index contributed by atoms with van der Waals surface area (Å²) >= 11 is 0. The van der Waals surface area contributed by atoms with Gasteiger partial charge in [0.15, 0.2) is 0 Å². The normalized spacial score (nSPS) is 13.4. The van der Waals surface area contributed by atoms with Crippen LogP contribution in [0.4, 0.5) is 11.4 Å². The number of allylic oxidation sites excluding steroid dienone is 4. The zero-order chi connectivity index (χ0) is 19.5. The van der Waals surface area contributed by atoms with E-state index < -0.39 is 0 Å². The van der Waals surface area contributed by atoms with E-state index in [-0.39, 0.29) is 5.97 Å². The molecule has 3 aromatic rings. The summed E-state index contributed by atoms with van der Waals surface area (Å²) in [6.07, 6.45) is 11.2. The quantitative estimate of drug-likeness (QED) is 0.579. The van der Waals surface area contributed by atoms with Crippen molar-refractivity contribution in [3.8, 4) is 0 Å². The SMILES string of the molecule is COC(=O)c1cc(C)ccc1Nc1ccc2c(ccn2CC2=CCCC=C2)c1. The van der Waals surface area contributed by atoms with Crippen molar-refractivity contribution in [2.24, 2.45) is 0 Å². The highest BCUT2D eigenvalue weighted by molar-refractivity contribution is 5.97. The van der Waals surface area contributed by atoms with Crippen molar-refractivity contribution in [2.75, 3.05) is 12.4 Å². The molecule has 0 saturated carbocycles. The minimum atomic E-state index is -0.341. The van der Waals surface area contributed by atoms with Gasteiger partial charge in [-0.25, -0.2) is 4.79 Å². The molecule has 142 valence electrons. The minimum absolute atomic E-state index is 0.341. The molecule has 4 rings (SSSR count). The number of nitrogens with one attached hydrogen (secondary N) is 1. The van der Waals surface area contributed by atoms with Crippen LogP contribution in [0.3, 0.4) is 0 Å². The van der Waals surface area contributed by atoms with E-state index in [1.807, 2.05) is 31.2 Å². The molecule has 4 heteroatoms. The number of methoxy groups -OCH3 is 1. The smallest absolute Gasteiger partial charge is 0.339 e. The predicted molar refractivity (Wildman–Crippen MR) is 114 cm³/mol. The van der Waals surface area contributed by atoms with Gasteiger partial charge in [-0.05, 0) is 61.7 Å². The Morgan fingerprint density at radius 1 is 1.14 bits per heavy atom. The summed E-state index contributed by atoms with van der Waals surface area (Å²) in [5.41, 5.74) is 5.79. The van der Waals surface area contributed by atoms with Crippen LogP contribution in [0.5, 0.6) is 0 Å². The van der Waals surface area contributed by atoms with Crippen molar-refractivity contribution in [2.45, 2.75) is 26.3 Å². The lowest BCUT2D eigenvalue weighted by atomic mass is 10.1. The Morgan fingerprint density at radius 2 is 2.04 bits per heavy atom. The molecule has 1 heterocycles. The standard InChI is InChI=1S/C24H24N2O2/c1-17-8-10-22(21(14-17)24(27)28-2)25-20-9-11-23-19(15-20)12-13-26(23)16-18-6-4-3-5-7-18/h4,6-15,25H,3,5,16H2,1-2H3. The molecule has 0 radical (unpaired) electrons. The molecule has 0 amide bonds. The maximum absolute atomic E-state index is 12.1. The molecule has 0 unspecified atom stereocenters. The first-order valence-corrected chi connectivity index (χ1v) is 9.54. The molecule has 1 aliphatic carbocycles. The van der Waals surface area contributed by atoms with Crippen LogP contribution in [0, 0.1) is 6.92 Å². The van der Waals surface area contributed by atoms with Crippen LogP contribution >= 0.6 is 0 Å². The molecule has 1 aromatic heterocycles. The van der Waals surface area contributed by atoms with E-state index in [0.29, 0.717) is 5.56 Å². The van der Waals surface area contributed by atoms with Crippen LogP contribution in [0.15, 0.2) is 72.5 Å². The summed E-state index contributed by atoms with van der Waals surface area (Å²) in [6.45, 7) is 2.85. The molecular formula is C24H24N2O2. The number of ether oxygens (including phenoxy) is 1. The van der Waals surface area contributed by atoms with Gasteiger partial charge in [-0.3, -0.25) is 0 Å². The summed E-state index contributed by atoms with van der Waals surface area (Å²) in [6, 6.07) is 14.1. The highest BCUT2D eigenvalue weighted by Gasteiger charge is 2.13. The second-order valence-electron chi connectivity index (χ2n) is 7.14. The zero-order valence-corrected chi connectivity index (χ0v) is 16.2. The average Bonchev–Trinajstić information content (AvgIpc) is 3.11. The summed E-state index contributed by atoms with van der Waals surface area (Å²) in [4.78, 5) is 12.1. The Balaban J connectivity index is 1.60. The summed E-state index contributed by atoms with van der Waals surface area (Å²) < 4.78 is 7.19. The molecule has 0 bridgehead atoms. The molecule has 4 nitrogen and oxygen atoms in total. The van der Waals surface area contributed by atoms with Gasteiger partial charge in [-0.15, -0.1) is 0 Å². The maximum Gasteiger partial charge on any atom is 0.339 e. The molecule has 0 atom stereocenters. The Kier molecular flexibility index (Phi) is 5.02. The second kappa shape index (κ2) is 7.77. The summed E-state index contributed by atoms with van der Waals surface area (Å²) in [5, 5.41) is 4.53. The second-order valence-corrected chi connectivity index (χ2v) is 7.14. The van der Waals surface area contributed by atoms with Gasteiger partial charge in [0, 0.05) is 29.3 Å². The lowest BCUT2D eigenvalue weighted by Gasteiger charge is -2.13. The number of nitrogens with zero attached hydrogens (tertiary/aromatic N) is 1. The number of rotatable bonds is 5. The number of esters is 1. The van der Waals surface area contributed by atoms with Crippen molar-refractivity contribution in [1.82, 2.24) is 4.57 Å². The highest BCUT2D eigenvalue weighted by Crippen LogP contribution is 2.27. The van der Waals surface area contributed by atoms with Crippen LogP contribution in [0.1, 0.15) is 28.8 Å². The topological polar surface area (TPSA) is 43.3 Å². The van der Waals surface area contributed by atoms with E-state index >= 15 is 0 Å². The third-order valence-corrected chi connectivity index (χ3v) is 5.06. The number of aromatic nitrogens is 1. The third-order valence-electron chi connectivity index (χ3n) is 5.06. The Labute approximate surface area is 165 Å². The zero-order valence-electron chi connectivity index (χ0n) is 16.2. The van der Waals surface area contributed by atoms with E-state index in [1.54, 1.807) is 0 Å². The monoisotopic (exact) mass is 372 g/mol. The van der Waals surface area contributed by atoms with Gasteiger partial charge >= 0.3 is 5.97 Å². The Hall–Kier alpha value is -3.27. The first-order chi connectivity index (χ1) is 13.6. The maximum atomic E-state index is 12.1. The molecule has 1 N–H and O–H groups in total. The van der Waals surface area contributed by atoms with E-state index in [1.165, 1.54) is 18.2 Å². The van der Waals surface area contributed by atoms with Gasteiger partial charge in [0.2, 0.25) is 0 Å². The van der Waals surface area contributed by atoms with Crippen LogP contribution in [0.2, 0.25) is 0 Å². The van der Waals surface area contributed by atoms with Crippen molar-refractivity contribution in [1.29, 1.82) is 0 Å². The van der Waals surface area contributed by atoms with Gasteiger partial charge in [0.25, 0.3) is 0 Å². The number of benzene rings is 2. The molecule has 2 aromatic carbocycles. The Bertz CT molecular complexity index is 1090. The lowest BCUT2D eigenvalue weighted by Crippen LogP contribution is -2.06. The van der Waals surface area contributed by atoms with Gasteiger partial charge in [-0.1, -0.05) is 29.9 Å². The molecule has 0 spiro atoms. The number of carbonyl (C=O) groups excluding carboxylic acids is 1. The van der Waals surface area contributed by atoms with Crippen LogP contribution in [-0.4, -0.2) is 17.6 Å². The predicted octanol–water partition coefficient (Wildman–Crippen LogP) is 5.76. The van der Waals surface area contributed by atoms with E-state index in [2.05, 4.69) is 52.5 Å². The number of fused-ring (bicyclic) bond motifs is 1. The largest absolute Gasteiger partial charge is 0.465 e.